The van der Waals surface area contributed by atoms with Crippen molar-refractivity contribution in [2.24, 2.45) is 7.05 Å². The van der Waals surface area contributed by atoms with Crippen LogP contribution in [0, 0.1) is 6.92 Å². The molecular weight excluding hydrogens is 404 g/mol. The summed E-state index contributed by atoms with van der Waals surface area (Å²) in [6.45, 7) is 2.33. The Morgan fingerprint density at radius 2 is 1.81 bits per heavy atom. The summed E-state index contributed by atoms with van der Waals surface area (Å²) in [5, 5.41) is 0. The van der Waals surface area contributed by atoms with Gasteiger partial charge < -0.3 is 14.0 Å². The number of aryl methyl sites for hydroxylation is 1. The molecule has 6 nitrogen and oxygen atoms in total. The van der Waals surface area contributed by atoms with E-state index in [2.05, 4.69) is 4.98 Å². The number of hydrogen-bond donors (Lipinski definition) is 0. The Kier molecular flexibility index (Phi) is 7.75. The van der Waals surface area contributed by atoms with E-state index in [0.29, 0.717) is 23.7 Å². The van der Waals surface area contributed by atoms with E-state index in [0.717, 1.165) is 17.1 Å². The lowest BCUT2D eigenvalue weighted by Gasteiger charge is -2.09. The Bertz CT molecular complexity index is 1140. The smallest absolute Gasteiger partial charge is 0.163 e. The van der Waals surface area contributed by atoms with Gasteiger partial charge in [0, 0.05) is 36.3 Å². The van der Waals surface area contributed by atoms with Gasteiger partial charge in [0.05, 0.1) is 19.2 Å². The van der Waals surface area contributed by atoms with Crippen molar-refractivity contribution in [3.05, 3.63) is 89.5 Å². The number of carbonyl (C=O) groups excluding carboxylic acids is 2. The van der Waals surface area contributed by atoms with Crippen LogP contribution in [0.3, 0.4) is 0 Å². The Balaban J connectivity index is 1.57. The summed E-state index contributed by atoms with van der Waals surface area (Å²) in [6.07, 6.45) is 7.72. The Labute approximate surface area is 187 Å². The molecule has 0 spiro atoms. The van der Waals surface area contributed by atoms with E-state index < -0.39 is 0 Å². The number of aromatic nitrogens is 2. The van der Waals surface area contributed by atoms with Gasteiger partial charge in [-0.1, -0.05) is 6.07 Å². The number of pyridine rings is 1. The van der Waals surface area contributed by atoms with Gasteiger partial charge in [0.1, 0.15) is 18.1 Å². The first-order valence-electron chi connectivity index (χ1n) is 10.2. The SMILES string of the molecule is COc1cc(OCc2ccccn2)ccc1C=CC(=O)CC(=O)C=Cc1ccc(C)n1C. The second-order valence-corrected chi connectivity index (χ2v) is 7.25. The van der Waals surface area contributed by atoms with Crippen LogP contribution in [0.5, 0.6) is 11.5 Å². The van der Waals surface area contributed by atoms with E-state index in [1.165, 1.54) is 12.2 Å². The summed E-state index contributed by atoms with van der Waals surface area (Å²) in [6, 6.07) is 14.9. The largest absolute Gasteiger partial charge is 0.496 e. The van der Waals surface area contributed by atoms with Gasteiger partial charge in [0.25, 0.3) is 0 Å². The predicted octanol–water partition coefficient (Wildman–Crippen LogP) is 4.57. The highest BCUT2D eigenvalue weighted by molar-refractivity contribution is 6.10. The third-order valence-corrected chi connectivity index (χ3v) is 4.97. The van der Waals surface area contributed by atoms with Crippen LogP contribution in [0.1, 0.15) is 29.1 Å². The maximum Gasteiger partial charge on any atom is 0.163 e. The minimum atomic E-state index is -0.278. The zero-order valence-corrected chi connectivity index (χ0v) is 18.4. The number of methoxy groups -OCH3 is 1. The van der Waals surface area contributed by atoms with Crippen LogP contribution in [0.15, 0.2) is 66.9 Å². The number of benzene rings is 1. The molecule has 0 fully saturated rings. The van der Waals surface area contributed by atoms with Crippen molar-refractivity contribution in [1.29, 1.82) is 0 Å². The first kappa shape index (κ1) is 22.7. The first-order valence-corrected chi connectivity index (χ1v) is 10.2. The van der Waals surface area contributed by atoms with Crippen LogP contribution in [-0.4, -0.2) is 28.2 Å². The topological polar surface area (TPSA) is 70.4 Å². The normalized spacial score (nSPS) is 11.2. The molecule has 0 unspecified atom stereocenters. The van der Waals surface area contributed by atoms with Crippen molar-refractivity contribution in [1.82, 2.24) is 9.55 Å². The summed E-state index contributed by atoms with van der Waals surface area (Å²) >= 11 is 0. The number of nitrogens with zero attached hydrogens (tertiary/aromatic N) is 2. The fourth-order valence-corrected chi connectivity index (χ4v) is 3.01. The van der Waals surface area contributed by atoms with Crippen LogP contribution in [0.2, 0.25) is 0 Å². The van der Waals surface area contributed by atoms with Crippen LogP contribution >= 0.6 is 0 Å². The maximum atomic E-state index is 12.2. The second kappa shape index (κ2) is 10.9. The lowest BCUT2D eigenvalue weighted by Crippen LogP contribution is -2.02. The fraction of sp³-hybridized carbons (Fsp3) is 0.192. The fourth-order valence-electron chi connectivity index (χ4n) is 3.01. The summed E-state index contributed by atoms with van der Waals surface area (Å²) in [5.74, 6) is 0.675. The first-order chi connectivity index (χ1) is 15.5. The van der Waals surface area contributed by atoms with E-state index >= 15 is 0 Å². The molecule has 0 radical (unpaired) electrons. The molecule has 0 bridgehead atoms. The van der Waals surface area contributed by atoms with Gasteiger partial charge in [0.15, 0.2) is 11.6 Å². The summed E-state index contributed by atoms with van der Waals surface area (Å²) in [7, 11) is 3.48. The lowest BCUT2D eigenvalue weighted by atomic mass is 10.1. The Hall–Kier alpha value is -3.93. The molecule has 3 aromatic rings. The van der Waals surface area contributed by atoms with E-state index in [1.807, 2.05) is 48.9 Å². The van der Waals surface area contributed by atoms with Crippen LogP contribution < -0.4 is 9.47 Å². The minimum absolute atomic E-state index is 0.190. The number of ether oxygens (including phenoxy) is 2. The Morgan fingerprint density at radius 1 is 1.03 bits per heavy atom. The number of hydrogen-bond acceptors (Lipinski definition) is 5. The van der Waals surface area contributed by atoms with E-state index in [1.54, 1.807) is 43.7 Å². The van der Waals surface area contributed by atoms with Crippen molar-refractivity contribution in [2.45, 2.75) is 20.0 Å². The van der Waals surface area contributed by atoms with Crippen molar-refractivity contribution >= 4 is 23.7 Å². The van der Waals surface area contributed by atoms with Crippen molar-refractivity contribution in [3.8, 4) is 11.5 Å². The predicted molar refractivity (Wildman–Crippen MR) is 124 cm³/mol. The van der Waals surface area contributed by atoms with Crippen LogP contribution in [0.25, 0.3) is 12.2 Å². The highest BCUT2D eigenvalue weighted by Gasteiger charge is 2.07. The monoisotopic (exact) mass is 430 g/mol. The van der Waals surface area contributed by atoms with Crippen LogP contribution in [-0.2, 0) is 23.2 Å². The zero-order chi connectivity index (χ0) is 22.9. The van der Waals surface area contributed by atoms with Gasteiger partial charge in [-0.3, -0.25) is 14.6 Å². The van der Waals surface area contributed by atoms with E-state index in [4.69, 9.17) is 9.47 Å². The third-order valence-electron chi connectivity index (χ3n) is 4.97. The summed E-state index contributed by atoms with van der Waals surface area (Å²) in [5.41, 5.74) is 3.54. The average Bonchev–Trinajstić information content (AvgIpc) is 3.13. The van der Waals surface area contributed by atoms with Crippen molar-refractivity contribution in [3.63, 3.8) is 0 Å². The number of rotatable bonds is 10. The van der Waals surface area contributed by atoms with Gasteiger partial charge in [-0.2, -0.15) is 0 Å². The molecule has 3 rings (SSSR count). The molecule has 2 aromatic heterocycles. The van der Waals surface area contributed by atoms with Gasteiger partial charge in [-0.05, 0) is 67.6 Å². The standard InChI is InChI=1S/C26H26N2O4/c1-19-7-10-22(28(19)2)11-13-24(30)16-23(29)12-8-20-9-14-25(17-26(20)31-3)32-18-21-6-4-5-15-27-21/h4-15,17H,16,18H2,1-3H3. The molecule has 0 N–H and O–H groups in total. The Morgan fingerprint density at radius 3 is 2.47 bits per heavy atom. The van der Waals surface area contributed by atoms with Crippen molar-refractivity contribution < 1.29 is 19.1 Å². The van der Waals surface area contributed by atoms with Gasteiger partial charge in [-0.25, -0.2) is 0 Å². The molecule has 0 aliphatic heterocycles. The average molecular weight is 431 g/mol. The molecule has 1 aromatic carbocycles. The highest BCUT2D eigenvalue weighted by Crippen LogP contribution is 2.26. The number of allylic oxidation sites excluding steroid dienone is 2. The van der Waals surface area contributed by atoms with Crippen molar-refractivity contribution in [2.75, 3.05) is 7.11 Å². The molecule has 0 aliphatic rings. The highest BCUT2D eigenvalue weighted by atomic mass is 16.5. The van der Waals surface area contributed by atoms with Crippen LogP contribution in [0.4, 0.5) is 0 Å². The zero-order valence-electron chi connectivity index (χ0n) is 18.4. The summed E-state index contributed by atoms with van der Waals surface area (Å²) < 4.78 is 13.1. The lowest BCUT2D eigenvalue weighted by molar-refractivity contribution is -0.121. The molecule has 164 valence electrons. The van der Waals surface area contributed by atoms with E-state index in [-0.39, 0.29) is 18.0 Å². The molecule has 0 atom stereocenters. The molecule has 0 saturated heterocycles. The quantitative estimate of drug-likeness (QED) is 0.348. The molecule has 0 amide bonds. The summed E-state index contributed by atoms with van der Waals surface area (Å²) in [4.78, 5) is 28.6. The second-order valence-electron chi connectivity index (χ2n) is 7.25. The van der Waals surface area contributed by atoms with E-state index in [9.17, 15) is 9.59 Å². The molecule has 0 aliphatic carbocycles. The van der Waals surface area contributed by atoms with Gasteiger partial charge in [0.2, 0.25) is 0 Å². The molecular formula is C26H26N2O4. The molecule has 32 heavy (non-hydrogen) atoms. The number of carbonyl (C=O) groups is 2. The maximum absolute atomic E-state index is 12.2. The van der Waals surface area contributed by atoms with Gasteiger partial charge >= 0.3 is 0 Å². The molecule has 6 heteroatoms. The van der Waals surface area contributed by atoms with Gasteiger partial charge in [-0.15, -0.1) is 0 Å². The molecule has 0 saturated carbocycles. The minimum Gasteiger partial charge on any atom is -0.496 e. The third kappa shape index (κ3) is 6.28. The number of ketones is 2. The molecule has 2 heterocycles.